The van der Waals surface area contributed by atoms with Crippen LogP contribution in [-0.4, -0.2) is 28.5 Å². The van der Waals surface area contributed by atoms with E-state index in [4.69, 9.17) is 14.5 Å². The molecule has 0 aliphatic rings. The van der Waals surface area contributed by atoms with E-state index < -0.39 is 25.1 Å². The van der Waals surface area contributed by atoms with Crippen LogP contribution in [0.15, 0.2) is 0 Å². The van der Waals surface area contributed by atoms with E-state index in [-0.39, 0.29) is 17.4 Å². The zero-order valence-electron chi connectivity index (χ0n) is 13.0. The molecule has 0 bridgehead atoms. The van der Waals surface area contributed by atoms with Crippen LogP contribution in [0.1, 0.15) is 48.5 Å². The molecule has 0 aliphatic heterocycles. The average molecular weight is 294 g/mol. The van der Waals surface area contributed by atoms with E-state index in [1.807, 2.05) is 48.5 Å². The average Bonchev–Trinajstić information content (AvgIpc) is 2.10. The Hall–Kier alpha value is -0.380. The van der Waals surface area contributed by atoms with Gasteiger partial charge in [0.15, 0.2) is 0 Å². The molecule has 0 aromatic heterocycles. The Labute approximate surface area is 115 Å². The van der Waals surface area contributed by atoms with Crippen LogP contribution >= 0.6 is 7.60 Å². The lowest BCUT2D eigenvalue weighted by Gasteiger charge is -2.48. The maximum Gasteiger partial charge on any atom is 0.328 e. The highest BCUT2D eigenvalue weighted by Crippen LogP contribution is 2.52. The lowest BCUT2D eigenvalue weighted by molar-refractivity contribution is -0.172. The molecule has 2 N–H and O–H groups in total. The summed E-state index contributed by atoms with van der Waals surface area (Å²) in [4.78, 5) is 29.9. The van der Waals surface area contributed by atoms with Gasteiger partial charge < -0.3 is 14.5 Å². The molecule has 0 unspecified atom stereocenters. The number of carbonyl (C=O) groups excluding carboxylic acids is 1. The van der Waals surface area contributed by atoms with E-state index in [1.54, 1.807) is 0 Å². The summed E-state index contributed by atoms with van der Waals surface area (Å²) < 4.78 is 15.9. The second-order valence-electron chi connectivity index (χ2n) is 7.15. The first-order chi connectivity index (χ1) is 8.13. The molecular weight excluding hydrogens is 267 g/mol. The minimum Gasteiger partial charge on any atom is -0.465 e. The van der Waals surface area contributed by atoms with Gasteiger partial charge in [0.05, 0.1) is 11.6 Å². The zero-order chi connectivity index (χ0) is 15.7. The third-order valence-electron chi connectivity index (χ3n) is 4.02. The van der Waals surface area contributed by atoms with Gasteiger partial charge in [-0.3, -0.25) is 9.36 Å². The van der Waals surface area contributed by atoms with E-state index >= 15 is 0 Å². The summed E-state index contributed by atoms with van der Waals surface area (Å²) in [6.07, 6.45) is -0.441. The molecule has 0 radical (unpaired) electrons. The first-order valence-electron chi connectivity index (χ1n) is 6.35. The van der Waals surface area contributed by atoms with Crippen molar-refractivity contribution in [2.45, 2.75) is 48.5 Å². The van der Waals surface area contributed by atoms with Crippen LogP contribution in [0, 0.1) is 16.2 Å². The van der Waals surface area contributed by atoms with Crippen molar-refractivity contribution in [3.63, 3.8) is 0 Å². The van der Waals surface area contributed by atoms with Crippen molar-refractivity contribution in [2.75, 3.05) is 12.8 Å². The Bertz CT molecular complexity index is 355. The summed E-state index contributed by atoms with van der Waals surface area (Å²) in [6, 6.07) is 0. The molecule has 0 saturated carbocycles. The van der Waals surface area contributed by atoms with Gasteiger partial charge in [-0.2, -0.15) is 0 Å². The van der Waals surface area contributed by atoms with E-state index in [0.717, 1.165) is 0 Å². The number of carbonyl (C=O) groups is 1. The number of ether oxygens (including phenoxy) is 1. The number of hydrogen-bond acceptors (Lipinski definition) is 3. The third-order valence-corrected chi connectivity index (χ3v) is 4.79. The van der Waals surface area contributed by atoms with E-state index in [1.165, 1.54) is 0 Å². The van der Waals surface area contributed by atoms with Crippen molar-refractivity contribution < 1.29 is 23.9 Å². The molecule has 0 heterocycles. The lowest BCUT2D eigenvalue weighted by atomic mass is 9.55. The van der Waals surface area contributed by atoms with Gasteiger partial charge in [-0.25, -0.2) is 0 Å². The highest BCUT2D eigenvalue weighted by atomic mass is 31.2. The normalized spacial score (nSPS) is 14.4. The molecule has 0 spiro atoms. The molecule has 0 amide bonds. The fourth-order valence-electron chi connectivity index (χ4n) is 2.14. The van der Waals surface area contributed by atoms with Crippen LogP contribution in [0.3, 0.4) is 0 Å². The fourth-order valence-corrected chi connectivity index (χ4v) is 2.47. The van der Waals surface area contributed by atoms with E-state index in [2.05, 4.69) is 0 Å². The Balaban J connectivity index is 5.03. The van der Waals surface area contributed by atoms with Crippen LogP contribution in [0.25, 0.3) is 0 Å². The molecule has 0 aromatic rings. The van der Waals surface area contributed by atoms with Gasteiger partial charge in [0, 0.05) is 0 Å². The Morgan fingerprint density at radius 3 is 1.63 bits per heavy atom. The fraction of sp³-hybridized carbons (Fsp3) is 0.923. The smallest absolute Gasteiger partial charge is 0.328 e. The SMILES string of the molecule is CC(C)(C)C(C)(C(=O)OCCP(=O)(O)O)C(C)(C)C. The molecule has 5 nitrogen and oxygen atoms in total. The van der Waals surface area contributed by atoms with Crippen LogP contribution in [-0.2, 0) is 14.1 Å². The van der Waals surface area contributed by atoms with Crippen molar-refractivity contribution in [1.29, 1.82) is 0 Å². The standard InChI is InChI=1S/C13H27O5P/c1-11(2,3)13(7,12(4,5)6)10(14)18-8-9-19(15,16)17/h8-9H2,1-7H3,(H2,15,16,17). The summed E-state index contributed by atoms with van der Waals surface area (Å²) in [7, 11) is -4.13. The predicted octanol–water partition coefficient (Wildman–Crippen LogP) is 2.81. The number of hydrogen-bond donors (Lipinski definition) is 2. The molecule has 19 heavy (non-hydrogen) atoms. The van der Waals surface area contributed by atoms with Crippen molar-refractivity contribution in [1.82, 2.24) is 0 Å². The monoisotopic (exact) mass is 294 g/mol. The van der Waals surface area contributed by atoms with Crippen LogP contribution in [0.4, 0.5) is 0 Å². The highest BCUT2D eigenvalue weighted by molar-refractivity contribution is 7.51. The maximum atomic E-state index is 12.4. The van der Waals surface area contributed by atoms with E-state index in [0.29, 0.717) is 0 Å². The van der Waals surface area contributed by atoms with Crippen LogP contribution < -0.4 is 0 Å². The quantitative estimate of drug-likeness (QED) is 0.615. The first-order valence-corrected chi connectivity index (χ1v) is 8.14. The Morgan fingerprint density at radius 2 is 1.37 bits per heavy atom. The van der Waals surface area contributed by atoms with Gasteiger partial charge in [-0.05, 0) is 17.8 Å². The van der Waals surface area contributed by atoms with Gasteiger partial charge in [0.25, 0.3) is 0 Å². The molecular formula is C13H27O5P. The van der Waals surface area contributed by atoms with Crippen molar-refractivity contribution in [3.05, 3.63) is 0 Å². The minimum absolute atomic E-state index is 0.259. The second kappa shape index (κ2) is 5.55. The number of esters is 1. The third kappa shape index (κ3) is 4.59. The van der Waals surface area contributed by atoms with Crippen LogP contribution in [0.5, 0.6) is 0 Å². The minimum atomic E-state index is -4.13. The molecule has 6 heteroatoms. The van der Waals surface area contributed by atoms with Crippen molar-refractivity contribution in [3.8, 4) is 0 Å². The molecule has 114 valence electrons. The summed E-state index contributed by atoms with van der Waals surface area (Å²) in [6.45, 7) is 13.3. The van der Waals surface area contributed by atoms with E-state index in [9.17, 15) is 9.36 Å². The van der Waals surface area contributed by atoms with Crippen molar-refractivity contribution in [2.24, 2.45) is 16.2 Å². The summed E-state index contributed by atoms with van der Waals surface area (Å²) >= 11 is 0. The van der Waals surface area contributed by atoms with Gasteiger partial charge in [0.2, 0.25) is 0 Å². The topological polar surface area (TPSA) is 83.8 Å². The highest BCUT2D eigenvalue weighted by Gasteiger charge is 2.53. The van der Waals surface area contributed by atoms with Crippen molar-refractivity contribution >= 4 is 13.6 Å². The first kappa shape index (κ1) is 18.6. The molecule has 0 saturated heterocycles. The second-order valence-corrected chi connectivity index (χ2v) is 8.93. The van der Waals surface area contributed by atoms with Gasteiger partial charge in [-0.15, -0.1) is 0 Å². The zero-order valence-corrected chi connectivity index (χ0v) is 13.9. The maximum absolute atomic E-state index is 12.4. The Kier molecular flexibility index (Phi) is 5.44. The lowest BCUT2D eigenvalue weighted by Crippen LogP contribution is -2.51. The Morgan fingerprint density at radius 1 is 1.00 bits per heavy atom. The summed E-state index contributed by atoms with van der Waals surface area (Å²) in [5, 5.41) is 0. The van der Waals surface area contributed by atoms with Gasteiger partial charge in [-0.1, -0.05) is 41.5 Å². The number of rotatable bonds is 4. The largest absolute Gasteiger partial charge is 0.465 e. The molecule has 0 aromatic carbocycles. The predicted molar refractivity (Wildman–Crippen MR) is 74.9 cm³/mol. The molecule has 0 aliphatic carbocycles. The molecule has 0 rings (SSSR count). The molecule has 0 fully saturated rings. The van der Waals surface area contributed by atoms with Crippen LogP contribution in [0.2, 0.25) is 0 Å². The summed E-state index contributed by atoms with van der Waals surface area (Å²) in [5.41, 5.74) is -1.41. The summed E-state index contributed by atoms with van der Waals surface area (Å²) in [5.74, 6) is -0.416. The van der Waals surface area contributed by atoms with Gasteiger partial charge >= 0.3 is 13.6 Å². The molecule has 0 atom stereocenters. The van der Waals surface area contributed by atoms with Gasteiger partial charge in [0.1, 0.15) is 6.61 Å².